The van der Waals surface area contributed by atoms with Crippen LogP contribution in [0.3, 0.4) is 0 Å². The van der Waals surface area contributed by atoms with Gasteiger partial charge in [-0.05, 0) is 26.0 Å². The van der Waals surface area contributed by atoms with Gasteiger partial charge < -0.3 is 10.6 Å². The Balaban J connectivity index is 1.98. The number of nitrogens with one attached hydrogen (secondary N) is 2. The number of carbonyl (C=O) groups excluding carboxylic acids is 1. The zero-order valence-electron chi connectivity index (χ0n) is 10.6. The van der Waals surface area contributed by atoms with Gasteiger partial charge >= 0.3 is 0 Å². The topological polar surface area (TPSA) is 54.0 Å². The summed E-state index contributed by atoms with van der Waals surface area (Å²) in [7, 11) is 0. The Bertz CT molecular complexity index is 585. The van der Waals surface area contributed by atoms with Crippen molar-refractivity contribution in [2.24, 2.45) is 0 Å². The number of amides is 1. The second-order valence-electron chi connectivity index (χ2n) is 4.13. The minimum Gasteiger partial charge on any atom is -0.373 e. The highest BCUT2D eigenvalue weighted by Gasteiger charge is 2.15. The van der Waals surface area contributed by atoms with E-state index in [0.717, 1.165) is 11.4 Å². The van der Waals surface area contributed by atoms with E-state index in [0.29, 0.717) is 10.2 Å². The third-order valence-electron chi connectivity index (χ3n) is 2.49. The number of aryl methyl sites for hydroxylation is 1. The van der Waals surface area contributed by atoms with Crippen molar-refractivity contribution in [1.29, 1.82) is 0 Å². The quantitative estimate of drug-likeness (QED) is 0.907. The molecule has 19 heavy (non-hydrogen) atoms. The molecule has 100 valence electrons. The van der Waals surface area contributed by atoms with Gasteiger partial charge in [0.25, 0.3) is 0 Å². The van der Waals surface area contributed by atoms with E-state index in [4.69, 9.17) is 11.6 Å². The van der Waals surface area contributed by atoms with Crippen LogP contribution < -0.4 is 10.6 Å². The van der Waals surface area contributed by atoms with Crippen molar-refractivity contribution in [2.45, 2.75) is 19.9 Å². The van der Waals surface area contributed by atoms with Gasteiger partial charge in [0.15, 0.2) is 5.13 Å². The van der Waals surface area contributed by atoms with Gasteiger partial charge in [0, 0.05) is 5.38 Å². The molecule has 0 unspecified atom stereocenters. The molecule has 6 heteroatoms. The normalized spacial score (nSPS) is 11.9. The van der Waals surface area contributed by atoms with Gasteiger partial charge in [-0.2, -0.15) is 0 Å². The van der Waals surface area contributed by atoms with E-state index >= 15 is 0 Å². The van der Waals surface area contributed by atoms with Crippen LogP contribution in [-0.4, -0.2) is 16.9 Å². The lowest BCUT2D eigenvalue weighted by Gasteiger charge is -2.15. The number of hydrogen-bond donors (Lipinski definition) is 2. The van der Waals surface area contributed by atoms with Crippen LogP contribution in [-0.2, 0) is 4.79 Å². The number of halogens is 1. The number of benzene rings is 1. The Morgan fingerprint density at radius 1 is 1.42 bits per heavy atom. The minimum absolute atomic E-state index is 0.144. The summed E-state index contributed by atoms with van der Waals surface area (Å²) in [6.45, 7) is 3.66. The predicted molar refractivity (Wildman–Crippen MR) is 80.0 cm³/mol. The summed E-state index contributed by atoms with van der Waals surface area (Å²) in [6, 6.07) is 6.92. The molecular weight excluding hydrogens is 282 g/mol. The van der Waals surface area contributed by atoms with Gasteiger partial charge in [-0.25, -0.2) is 4.98 Å². The maximum Gasteiger partial charge on any atom is 0.248 e. The Hall–Kier alpha value is -1.59. The van der Waals surface area contributed by atoms with E-state index in [-0.39, 0.29) is 5.91 Å². The molecule has 1 atom stereocenters. The molecule has 0 fully saturated rings. The number of carbonyl (C=O) groups is 1. The number of thiazole rings is 1. The number of anilines is 2. The van der Waals surface area contributed by atoms with Crippen molar-refractivity contribution in [1.82, 2.24) is 4.98 Å². The summed E-state index contributed by atoms with van der Waals surface area (Å²) in [5, 5.41) is 8.92. The number of para-hydroxylation sites is 1. The van der Waals surface area contributed by atoms with Crippen LogP contribution in [0.25, 0.3) is 0 Å². The lowest BCUT2D eigenvalue weighted by Crippen LogP contribution is -2.31. The smallest absolute Gasteiger partial charge is 0.248 e. The Labute approximate surface area is 120 Å². The van der Waals surface area contributed by atoms with Crippen LogP contribution >= 0.6 is 22.9 Å². The van der Waals surface area contributed by atoms with E-state index in [9.17, 15) is 4.79 Å². The van der Waals surface area contributed by atoms with Crippen LogP contribution in [0.1, 0.15) is 12.6 Å². The second kappa shape index (κ2) is 6.04. The first kappa shape index (κ1) is 13.8. The number of rotatable bonds is 4. The molecule has 2 N–H and O–H groups in total. The Kier molecular flexibility index (Phi) is 4.39. The second-order valence-corrected chi connectivity index (χ2v) is 5.39. The van der Waals surface area contributed by atoms with Crippen molar-refractivity contribution in [2.75, 3.05) is 10.6 Å². The molecule has 1 aromatic heterocycles. The molecule has 2 rings (SSSR count). The highest BCUT2D eigenvalue weighted by molar-refractivity contribution is 7.13. The third-order valence-corrected chi connectivity index (χ3v) is 3.69. The van der Waals surface area contributed by atoms with Crippen LogP contribution in [0.5, 0.6) is 0 Å². The zero-order valence-corrected chi connectivity index (χ0v) is 12.2. The fourth-order valence-corrected chi connectivity index (χ4v) is 2.38. The summed E-state index contributed by atoms with van der Waals surface area (Å²) >= 11 is 7.44. The maximum absolute atomic E-state index is 12.0. The summed E-state index contributed by atoms with van der Waals surface area (Å²) in [6.07, 6.45) is 0. The fraction of sp³-hybridized carbons (Fsp3) is 0.231. The fourth-order valence-electron chi connectivity index (χ4n) is 1.50. The largest absolute Gasteiger partial charge is 0.373 e. The molecule has 1 heterocycles. The lowest BCUT2D eigenvalue weighted by atomic mass is 10.2. The first-order chi connectivity index (χ1) is 9.06. The van der Waals surface area contributed by atoms with Crippen LogP contribution in [0.4, 0.5) is 10.8 Å². The molecule has 0 aliphatic rings. The molecule has 0 saturated carbocycles. The molecule has 0 aliphatic heterocycles. The number of hydrogen-bond acceptors (Lipinski definition) is 4. The van der Waals surface area contributed by atoms with Gasteiger partial charge in [-0.15, -0.1) is 11.3 Å². The first-order valence-electron chi connectivity index (χ1n) is 5.80. The maximum atomic E-state index is 12.0. The van der Waals surface area contributed by atoms with E-state index < -0.39 is 6.04 Å². The van der Waals surface area contributed by atoms with E-state index in [1.54, 1.807) is 13.0 Å². The average Bonchev–Trinajstić information content (AvgIpc) is 2.77. The molecule has 1 aromatic carbocycles. The molecule has 0 aliphatic carbocycles. The highest BCUT2D eigenvalue weighted by Crippen LogP contribution is 2.21. The van der Waals surface area contributed by atoms with Gasteiger partial charge in [-0.3, -0.25) is 4.79 Å². The monoisotopic (exact) mass is 295 g/mol. The number of aromatic nitrogens is 1. The third kappa shape index (κ3) is 3.68. The van der Waals surface area contributed by atoms with Crippen molar-refractivity contribution in [3.8, 4) is 0 Å². The van der Waals surface area contributed by atoms with Gasteiger partial charge in [0.05, 0.1) is 16.4 Å². The molecular formula is C13H14ClN3OS. The average molecular weight is 296 g/mol. The standard InChI is InChI=1S/C13H14ClN3OS/c1-8-7-19-13(15-8)17-12(18)9(2)16-11-6-4-3-5-10(11)14/h3-7,9,16H,1-2H3,(H,15,17,18)/t9-/m0/s1. The van der Waals surface area contributed by atoms with E-state index in [1.165, 1.54) is 11.3 Å². The Morgan fingerprint density at radius 2 is 2.16 bits per heavy atom. The molecule has 0 spiro atoms. The van der Waals surface area contributed by atoms with Crippen LogP contribution in [0.15, 0.2) is 29.6 Å². The molecule has 0 bridgehead atoms. The molecule has 0 saturated heterocycles. The molecule has 0 radical (unpaired) electrons. The van der Waals surface area contributed by atoms with Crippen molar-refractivity contribution >= 4 is 39.7 Å². The molecule has 1 amide bonds. The number of nitrogens with zero attached hydrogens (tertiary/aromatic N) is 1. The summed E-state index contributed by atoms with van der Waals surface area (Å²) < 4.78 is 0. The summed E-state index contributed by atoms with van der Waals surface area (Å²) in [4.78, 5) is 16.2. The van der Waals surface area contributed by atoms with Crippen LogP contribution in [0, 0.1) is 6.92 Å². The minimum atomic E-state index is -0.399. The predicted octanol–water partition coefficient (Wildman–Crippen LogP) is 3.54. The summed E-state index contributed by atoms with van der Waals surface area (Å²) in [5.74, 6) is -0.144. The molecule has 2 aromatic rings. The zero-order chi connectivity index (χ0) is 13.8. The van der Waals surface area contributed by atoms with Gasteiger partial charge in [0.2, 0.25) is 5.91 Å². The highest BCUT2D eigenvalue weighted by atomic mass is 35.5. The van der Waals surface area contributed by atoms with Gasteiger partial charge in [-0.1, -0.05) is 23.7 Å². The Morgan fingerprint density at radius 3 is 2.79 bits per heavy atom. The van der Waals surface area contributed by atoms with Crippen molar-refractivity contribution in [3.63, 3.8) is 0 Å². The molecule has 4 nitrogen and oxygen atoms in total. The first-order valence-corrected chi connectivity index (χ1v) is 7.06. The van der Waals surface area contributed by atoms with Crippen molar-refractivity contribution in [3.05, 3.63) is 40.4 Å². The lowest BCUT2D eigenvalue weighted by molar-refractivity contribution is -0.116. The van der Waals surface area contributed by atoms with Crippen molar-refractivity contribution < 1.29 is 4.79 Å². The SMILES string of the molecule is Cc1csc(NC(=O)[C@H](C)Nc2ccccc2Cl)n1. The van der Waals surface area contributed by atoms with Crippen LogP contribution in [0.2, 0.25) is 5.02 Å². The van der Waals surface area contributed by atoms with Gasteiger partial charge in [0.1, 0.15) is 6.04 Å². The van der Waals surface area contributed by atoms with E-state index in [1.807, 2.05) is 30.5 Å². The van der Waals surface area contributed by atoms with E-state index in [2.05, 4.69) is 15.6 Å². The summed E-state index contributed by atoms with van der Waals surface area (Å²) in [5.41, 5.74) is 1.63.